The molecule has 0 aromatic heterocycles. The smallest absolute Gasteiger partial charge is 0.339 e. The van der Waals surface area contributed by atoms with Crippen LogP contribution in [-0.4, -0.2) is 41.5 Å². The van der Waals surface area contributed by atoms with Crippen LogP contribution in [0.5, 0.6) is 34.5 Å². The predicted octanol–water partition coefficient (Wildman–Crippen LogP) is 3.34. The maximum absolute atomic E-state index is 12.5. The zero-order chi connectivity index (χ0) is 20.4. The third-order valence-electron chi connectivity index (χ3n) is 4.66. The first kappa shape index (κ1) is 19.4. The van der Waals surface area contributed by atoms with E-state index in [4.69, 9.17) is 28.4 Å². The summed E-state index contributed by atoms with van der Waals surface area (Å²) in [5.74, 6) is 1.73. The summed E-state index contributed by atoms with van der Waals surface area (Å²) in [6, 6.07) is 6.94. The molecule has 28 heavy (non-hydrogen) atoms. The molecule has 148 valence electrons. The molecule has 2 aromatic rings. The van der Waals surface area contributed by atoms with Gasteiger partial charge in [0, 0.05) is 29.2 Å². The normalized spacial score (nSPS) is 15.4. The molecule has 1 heterocycles. The first-order valence-electron chi connectivity index (χ1n) is 8.45. The minimum atomic E-state index is -0.526. The van der Waals surface area contributed by atoms with E-state index in [1.165, 1.54) is 28.4 Å². The van der Waals surface area contributed by atoms with Gasteiger partial charge in [-0.3, -0.25) is 0 Å². The molecule has 1 aliphatic rings. The van der Waals surface area contributed by atoms with Crippen molar-refractivity contribution in [2.45, 2.75) is 5.92 Å². The Bertz CT molecular complexity index is 908. The fraction of sp³-hybridized carbons (Fsp3) is 0.286. The number of fused-ring (bicyclic) bond motifs is 1. The molecule has 0 aliphatic carbocycles. The number of carbonyl (C=O) groups is 1. The van der Waals surface area contributed by atoms with Gasteiger partial charge >= 0.3 is 5.97 Å². The Hall–Kier alpha value is -3.35. The van der Waals surface area contributed by atoms with Gasteiger partial charge in [-0.15, -0.1) is 0 Å². The van der Waals surface area contributed by atoms with E-state index >= 15 is 0 Å². The van der Waals surface area contributed by atoms with Gasteiger partial charge in [0.25, 0.3) is 0 Å². The first-order valence-corrected chi connectivity index (χ1v) is 8.45. The van der Waals surface area contributed by atoms with Crippen molar-refractivity contribution in [2.24, 2.45) is 0 Å². The van der Waals surface area contributed by atoms with E-state index in [1.807, 2.05) is 0 Å². The third-order valence-corrected chi connectivity index (χ3v) is 4.66. The second-order valence-electron chi connectivity index (χ2n) is 6.05. The van der Waals surface area contributed by atoms with Crippen LogP contribution in [0.1, 0.15) is 17.0 Å². The Morgan fingerprint density at radius 3 is 1.93 bits per heavy atom. The maximum Gasteiger partial charge on any atom is 0.339 e. The van der Waals surface area contributed by atoms with Crippen LogP contribution in [-0.2, 0) is 4.79 Å². The van der Waals surface area contributed by atoms with Crippen LogP contribution in [0.3, 0.4) is 0 Å². The highest BCUT2D eigenvalue weighted by molar-refractivity contribution is 5.95. The summed E-state index contributed by atoms with van der Waals surface area (Å²) in [6.07, 6.45) is 0. The Labute approximate surface area is 163 Å². The quantitative estimate of drug-likeness (QED) is 0.428. The molecule has 7 heteroatoms. The number of ether oxygens (including phenoxy) is 6. The molecule has 0 radical (unpaired) electrons. The number of hydrogen-bond donors (Lipinski definition) is 0. The van der Waals surface area contributed by atoms with E-state index in [-0.39, 0.29) is 5.57 Å². The lowest BCUT2D eigenvalue weighted by Crippen LogP contribution is -2.24. The molecule has 1 aliphatic heterocycles. The zero-order valence-electron chi connectivity index (χ0n) is 16.5. The van der Waals surface area contributed by atoms with E-state index in [1.54, 1.807) is 31.4 Å². The molecule has 1 unspecified atom stereocenters. The summed E-state index contributed by atoms with van der Waals surface area (Å²) in [5.41, 5.74) is 1.66. The number of methoxy groups -OCH3 is 5. The lowest BCUT2D eigenvalue weighted by Gasteiger charge is -2.29. The van der Waals surface area contributed by atoms with E-state index in [2.05, 4.69) is 6.58 Å². The van der Waals surface area contributed by atoms with Crippen molar-refractivity contribution in [3.63, 3.8) is 0 Å². The summed E-state index contributed by atoms with van der Waals surface area (Å²) in [4.78, 5) is 12.5. The number of hydrogen-bond acceptors (Lipinski definition) is 7. The average Bonchev–Trinajstić information content (AvgIpc) is 2.72. The Morgan fingerprint density at radius 1 is 0.821 bits per heavy atom. The summed E-state index contributed by atoms with van der Waals surface area (Å²) >= 11 is 0. The molecular formula is C21H22O7. The summed E-state index contributed by atoms with van der Waals surface area (Å²) < 4.78 is 32.6. The van der Waals surface area contributed by atoms with E-state index in [9.17, 15) is 4.79 Å². The monoisotopic (exact) mass is 386 g/mol. The van der Waals surface area contributed by atoms with Gasteiger partial charge in [0.05, 0.1) is 35.5 Å². The largest absolute Gasteiger partial charge is 0.496 e. The number of esters is 1. The second kappa shape index (κ2) is 7.72. The molecule has 3 rings (SSSR count). The van der Waals surface area contributed by atoms with Gasteiger partial charge in [-0.25, -0.2) is 4.79 Å². The lowest BCUT2D eigenvalue weighted by molar-refractivity contribution is -0.131. The standard InChI is InChI=1S/C21H22O7/c1-11-18(12-7-16(25-4)20(27-6)17(8-12)26-5)19-14(24-3)9-13(23-2)10-15(19)28-21(11)22/h7-10,18H,1H2,2-6H3. The van der Waals surface area contributed by atoms with E-state index < -0.39 is 11.9 Å². The van der Waals surface area contributed by atoms with Gasteiger partial charge in [0.15, 0.2) is 11.5 Å². The highest BCUT2D eigenvalue weighted by Crippen LogP contribution is 2.50. The summed E-state index contributed by atoms with van der Waals surface area (Å²) in [5, 5.41) is 0. The van der Waals surface area contributed by atoms with Crippen molar-refractivity contribution in [3.05, 3.63) is 47.5 Å². The Balaban J connectivity index is 2.28. The molecule has 0 bridgehead atoms. The van der Waals surface area contributed by atoms with Crippen LogP contribution in [0.2, 0.25) is 0 Å². The van der Waals surface area contributed by atoms with E-state index in [0.717, 1.165) is 5.56 Å². The van der Waals surface area contributed by atoms with Crippen LogP contribution in [0, 0.1) is 0 Å². The van der Waals surface area contributed by atoms with Crippen molar-refractivity contribution < 1.29 is 33.2 Å². The molecular weight excluding hydrogens is 364 g/mol. The highest BCUT2D eigenvalue weighted by atomic mass is 16.5. The van der Waals surface area contributed by atoms with Crippen LogP contribution in [0.15, 0.2) is 36.4 Å². The highest BCUT2D eigenvalue weighted by Gasteiger charge is 2.36. The molecule has 1 atom stereocenters. The molecule has 0 saturated carbocycles. The fourth-order valence-electron chi connectivity index (χ4n) is 3.33. The average molecular weight is 386 g/mol. The lowest BCUT2D eigenvalue weighted by atomic mass is 9.82. The first-order chi connectivity index (χ1) is 13.5. The van der Waals surface area contributed by atoms with Crippen LogP contribution in [0.25, 0.3) is 0 Å². The Kier molecular flexibility index (Phi) is 5.35. The third kappa shape index (κ3) is 3.09. The molecule has 7 nitrogen and oxygen atoms in total. The van der Waals surface area contributed by atoms with Crippen molar-refractivity contribution in [3.8, 4) is 34.5 Å². The van der Waals surface area contributed by atoms with Crippen molar-refractivity contribution in [1.29, 1.82) is 0 Å². The van der Waals surface area contributed by atoms with Gasteiger partial charge in [-0.05, 0) is 17.7 Å². The van der Waals surface area contributed by atoms with Gasteiger partial charge in [0.2, 0.25) is 5.75 Å². The van der Waals surface area contributed by atoms with Crippen molar-refractivity contribution in [1.82, 2.24) is 0 Å². The van der Waals surface area contributed by atoms with Crippen molar-refractivity contribution >= 4 is 5.97 Å². The maximum atomic E-state index is 12.5. The molecule has 0 amide bonds. The zero-order valence-corrected chi connectivity index (χ0v) is 16.5. The number of rotatable bonds is 6. The van der Waals surface area contributed by atoms with Crippen LogP contribution < -0.4 is 28.4 Å². The SMILES string of the molecule is C=C1C(=O)Oc2cc(OC)cc(OC)c2C1c1cc(OC)c(OC)c(OC)c1. The minimum Gasteiger partial charge on any atom is -0.496 e. The second-order valence-corrected chi connectivity index (χ2v) is 6.05. The number of benzene rings is 2. The molecule has 0 fully saturated rings. The number of carbonyl (C=O) groups excluding carboxylic acids is 1. The van der Waals surface area contributed by atoms with Gasteiger partial charge in [-0.2, -0.15) is 0 Å². The topological polar surface area (TPSA) is 72.5 Å². The van der Waals surface area contributed by atoms with Crippen LogP contribution in [0.4, 0.5) is 0 Å². The van der Waals surface area contributed by atoms with Crippen molar-refractivity contribution in [2.75, 3.05) is 35.5 Å². The van der Waals surface area contributed by atoms with Gasteiger partial charge in [-0.1, -0.05) is 6.58 Å². The van der Waals surface area contributed by atoms with Crippen LogP contribution >= 0.6 is 0 Å². The predicted molar refractivity (Wildman–Crippen MR) is 102 cm³/mol. The fourth-order valence-corrected chi connectivity index (χ4v) is 3.33. The molecule has 2 aromatic carbocycles. The molecule has 0 N–H and O–H groups in total. The van der Waals surface area contributed by atoms with E-state index in [0.29, 0.717) is 40.1 Å². The summed E-state index contributed by atoms with van der Waals surface area (Å²) in [7, 11) is 7.67. The molecule has 0 spiro atoms. The minimum absolute atomic E-state index is 0.269. The molecule has 0 saturated heterocycles. The van der Waals surface area contributed by atoms with Gasteiger partial charge < -0.3 is 28.4 Å². The van der Waals surface area contributed by atoms with Gasteiger partial charge in [0.1, 0.15) is 17.2 Å². The Morgan fingerprint density at radius 2 is 1.43 bits per heavy atom. The summed E-state index contributed by atoms with van der Waals surface area (Å²) in [6.45, 7) is 3.95.